The van der Waals surface area contributed by atoms with Gasteiger partial charge < -0.3 is 19.6 Å². The molecule has 0 aliphatic rings. The van der Waals surface area contributed by atoms with Gasteiger partial charge in [-0.05, 0) is 12.1 Å². The van der Waals surface area contributed by atoms with Gasteiger partial charge in [-0.25, -0.2) is 4.98 Å². The molecule has 0 fully saturated rings. The number of hydrogen-bond acceptors (Lipinski definition) is 4. The molecule has 0 aliphatic carbocycles. The lowest BCUT2D eigenvalue weighted by atomic mass is 10.1. The quantitative estimate of drug-likeness (QED) is 0.827. The first-order valence-electron chi connectivity index (χ1n) is 4.70. The summed E-state index contributed by atoms with van der Waals surface area (Å²) in [6.45, 7) is 0. The first kappa shape index (κ1) is 10.4. The second kappa shape index (κ2) is 4.14. The van der Waals surface area contributed by atoms with Crippen molar-refractivity contribution in [3.63, 3.8) is 0 Å². The highest BCUT2D eigenvalue weighted by Crippen LogP contribution is 2.39. The van der Waals surface area contributed by atoms with Gasteiger partial charge >= 0.3 is 0 Å². The Bertz CT molecular complexity index is 455. The van der Waals surface area contributed by atoms with Gasteiger partial charge in [0, 0.05) is 5.56 Å². The van der Waals surface area contributed by atoms with Gasteiger partial charge in [-0.15, -0.1) is 0 Å². The maximum Gasteiger partial charge on any atom is 0.200 e. The molecule has 0 aliphatic heterocycles. The molecule has 5 heteroatoms. The van der Waals surface area contributed by atoms with E-state index in [1.165, 1.54) is 14.2 Å². The highest BCUT2D eigenvalue weighted by Gasteiger charge is 2.12. The zero-order valence-corrected chi connectivity index (χ0v) is 9.02. The van der Waals surface area contributed by atoms with Crippen LogP contribution in [0.25, 0.3) is 11.3 Å². The van der Waals surface area contributed by atoms with E-state index >= 15 is 0 Å². The second-order valence-electron chi connectivity index (χ2n) is 3.19. The molecule has 16 heavy (non-hydrogen) atoms. The van der Waals surface area contributed by atoms with E-state index in [1.807, 2.05) is 0 Å². The van der Waals surface area contributed by atoms with Crippen molar-refractivity contribution in [3.05, 3.63) is 24.7 Å². The molecule has 1 aromatic carbocycles. The Morgan fingerprint density at radius 1 is 1.19 bits per heavy atom. The molecular weight excluding hydrogens is 208 g/mol. The van der Waals surface area contributed by atoms with Crippen LogP contribution >= 0.6 is 0 Å². The van der Waals surface area contributed by atoms with Crippen molar-refractivity contribution < 1.29 is 14.6 Å². The van der Waals surface area contributed by atoms with Gasteiger partial charge in [0.05, 0.1) is 32.4 Å². The van der Waals surface area contributed by atoms with Crippen LogP contribution in [-0.4, -0.2) is 29.3 Å². The van der Waals surface area contributed by atoms with Crippen LogP contribution in [0.15, 0.2) is 24.7 Å². The molecule has 2 N–H and O–H groups in total. The Balaban J connectivity index is 2.56. The predicted octanol–water partition coefficient (Wildman–Crippen LogP) is 1.80. The molecule has 0 atom stereocenters. The summed E-state index contributed by atoms with van der Waals surface area (Å²) in [6.07, 6.45) is 3.27. The Kier molecular flexibility index (Phi) is 2.68. The summed E-state index contributed by atoms with van der Waals surface area (Å²) in [4.78, 5) is 6.90. The Hall–Kier alpha value is -2.17. The second-order valence-corrected chi connectivity index (χ2v) is 3.19. The molecule has 0 saturated carbocycles. The summed E-state index contributed by atoms with van der Waals surface area (Å²) in [5.74, 6) is 0.723. The Morgan fingerprint density at radius 3 is 2.25 bits per heavy atom. The summed E-state index contributed by atoms with van der Waals surface area (Å²) in [5, 5.41) is 9.73. The molecule has 0 amide bonds. The lowest BCUT2D eigenvalue weighted by Crippen LogP contribution is -1.90. The van der Waals surface area contributed by atoms with Crippen molar-refractivity contribution in [3.8, 4) is 28.5 Å². The molecule has 2 rings (SSSR count). The zero-order valence-electron chi connectivity index (χ0n) is 9.02. The fraction of sp³-hybridized carbons (Fsp3) is 0.182. The number of ether oxygens (including phenoxy) is 2. The number of aromatic amines is 1. The molecule has 5 nitrogen and oxygen atoms in total. The van der Waals surface area contributed by atoms with Gasteiger partial charge in [0.2, 0.25) is 5.75 Å². The summed E-state index contributed by atoms with van der Waals surface area (Å²) in [6, 6.07) is 3.43. The SMILES string of the molecule is COc1cc(-c2cnc[nH]2)cc(OC)c1O. The fourth-order valence-corrected chi connectivity index (χ4v) is 1.46. The van der Waals surface area contributed by atoms with Gasteiger partial charge in [0.15, 0.2) is 11.5 Å². The summed E-state index contributed by atoms with van der Waals surface area (Å²) < 4.78 is 10.1. The first-order valence-corrected chi connectivity index (χ1v) is 4.70. The smallest absolute Gasteiger partial charge is 0.200 e. The minimum absolute atomic E-state index is 0.00624. The monoisotopic (exact) mass is 220 g/mol. The Labute approximate surface area is 92.7 Å². The van der Waals surface area contributed by atoms with Gasteiger partial charge in [-0.3, -0.25) is 0 Å². The van der Waals surface area contributed by atoms with Crippen LogP contribution in [0.5, 0.6) is 17.2 Å². The van der Waals surface area contributed by atoms with Crippen LogP contribution in [0, 0.1) is 0 Å². The molecule has 0 saturated heterocycles. The van der Waals surface area contributed by atoms with Gasteiger partial charge in [-0.1, -0.05) is 0 Å². The van der Waals surface area contributed by atoms with Crippen LogP contribution in [-0.2, 0) is 0 Å². The number of phenols is 1. The van der Waals surface area contributed by atoms with Crippen LogP contribution in [0.1, 0.15) is 0 Å². The number of nitrogens with zero attached hydrogens (tertiary/aromatic N) is 1. The van der Waals surface area contributed by atoms with E-state index in [2.05, 4.69) is 9.97 Å². The molecule has 0 radical (unpaired) electrons. The summed E-state index contributed by atoms with van der Waals surface area (Å²) >= 11 is 0. The molecular formula is C11H12N2O3. The van der Waals surface area contributed by atoms with E-state index < -0.39 is 0 Å². The molecule has 0 spiro atoms. The number of phenolic OH excluding ortho intramolecular Hbond substituents is 1. The third kappa shape index (κ3) is 1.67. The van der Waals surface area contributed by atoms with Gasteiger partial charge in [0.1, 0.15) is 0 Å². The summed E-state index contributed by atoms with van der Waals surface area (Å²) in [7, 11) is 2.98. The molecule has 84 valence electrons. The van der Waals surface area contributed by atoms with Gasteiger partial charge in [-0.2, -0.15) is 0 Å². The average molecular weight is 220 g/mol. The number of rotatable bonds is 3. The number of aromatic hydroxyl groups is 1. The zero-order chi connectivity index (χ0) is 11.5. The maximum atomic E-state index is 9.73. The summed E-state index contributed by atoms with van der Waals surface area (Å²) in [5.41, 5.74) is 1.67. The largest absolute Gasteiger partial charge is 0.502 e. The Morgan fingerprint density at radius 2 is 1.81 bits per heavy atom. The van der Waals surface area contributed by atoms with Crippen molar-refractivity contribution in [2.75, 3.05) is 14.2 Å². The number of H-pyrrole nitrogens is 1. The van der Waals surface area contributed by atoms with E-state index in [4.69, 9.17) is 9.47 Å². The number of imidazole rings is 1. The van der Waals surface area contributed by atoms with E-state index in [0.29, 0.717) is 11.5 Å². The molecule has 1 aromatic heterocycles. The first-order chi connectivity index (χ1) is 7.76. The number of methoxy groups -OCH3 is 2. The molecule has 1 heterocycles. The maximum absolute atomic E-state index is 9.73. The highest BCUT2D eigenvalue weighted by atomic mass is 16.5. The number of nitrogens with one attached hydrogen (secondary N) is 1. The number of benzene rings is 1. The number of hydrogen-bond donors (Lipinski definition) is 2. The van der Waals surface area contributed by atoms with E-state index in [0.717, 1.165) is 11.3 Å². The highest BCUT2D eigenvalue weighted by molar-refractivity contribution is 5.67. The van der Waals surface area contributed by atoms with Crippen molar-refractivity contribution in [2.45, 2.75) is 0 Å². The van der Waals surface area contributed by atoms with Crippen molar-refractivity contribution >= 4 is 0 Å². The van der Waals surface area contributed by atoms with Crippen LogP contribution < -0.4 is 9.47 Å². The molecule has 2 aromatic rings. The molecule has 0 bridgehead atoms. The normalized spacial score (nSPS) is 10.1. The van der Waals surface area contributed by atoms with E-state index in [-0.39, 0.29) is 5.75 Å². The lowest BCUT2D eigenvalue weighted by molar-refractivity contribution is 0.340. The standard InChI is InChI=1S/C11H12N2O3/c1-15-9-3-7(8-5-12-6-13-8)4-10(16-2)11(9)14/h3-6,14H,1-2H3,(H,12,13). The van der Waals surface area contributed by atoms with Crippen LogP contribution in [0.4, 0.5) is 0 Å². The van der Waals surface area contributed by atoms with E-state index in [9.17, 15) is 5.11 Å². The van der Waals surface area contributed by atoms with Crippen molar-refractivity contribution in [1.82, 2.24) is 9.97 Å². The van der Waals surface area contributed by atoms with Gasteiger partial charge in [0.25, 0.3) is 0 Å². The topological polar surface area (TPSA) is 67.4 Å². The minimum atomic E-state index is -0.00624. The lowest BCUT2D eigenvalue weighted by Gasteiger charge is -2.10. The fourth-order valence-electron chi connectivity index (χ4n) is 1.46. The van der Waals surface area contributed by atoms with Crippen LogP contribution in [0.2, 0.25) is 0 Å². The predicted molar refractivity (Wildman–Crippen MR) is 58.8 cm³/mol. The third-order valence-corrected chi connectivity index (χ3v) is 2.29. The average Bonchev–Trinajstić information content (AvgIpc) is 2.83. The number of aromatic nitrogens is 2. The van der Waals surface area contributed by atoms with Crippen molar-refractivity contribution in [2.24, 2.45) is 0 Å². The minimum Gasteiger partial charge on any atom is -0.502 e. The van der Waals surface area contributed by atoms with Crippen molar-refractivity contribution in [1.29, 1.82) is 0 Å². The third-order valence-electron chi connectivity index (χ3n) is 2.29. The molecule has 0 unspecified atom stereocenters. The van der Waals surface area contributed by atoms with Crippen LogP contribution in [0.3, 0.4) is 0 Å². The van der Waals surface area contributed by atoms with E-state index in [1.54, 1.807) is 24.7 Å².